The van der Waals surface area contributed by atoms with Crippen LogP contribution in [-0.2, 0) is 5.54 Å². The molecule has 3 aromatic rings. The van der Waals surface area contributed by atoms with Crippen LogP contribution in [0.15, 0.2) is 60.7 Å². The third-order valence-corrected chi connectivity index (χ3v) is 6.60. The molecule has 2 N–H and O–H groups in total. The van der Waals surface area contributed by atoms with Crippen LogP contribution in [0.1, 0.15) is 24.8 Å². The van der Waals surface area contributed by atoms with Crippen LogP contribution < -0.4 is 15.1 Å². The Morgan fingerprint density at radius 1 is 1.03 bits per heavy atom. The minimum Gasteiger partial charge on any atom is -0.627 e. The zero-order valence-corrected chi connectivity index (χ0v) is 17.9. The molecule has 2 aromatic carbocycles. The maximum Gasteiger partial charge on any atom is 0.438 e. The minimum absolute atomic E-state index is 0.0476. The van der Waals surface area contributed by atoms with Crippen LogP contribution in [0.2, 0.25) is 0 Å². The highest BCUT2D eigenvalue weighted by Gasteiger charge is 2.43. The van der Waals surface area contributed by atoms with Gasteiger partial charge in [0.1, 0.15) is 13.2 Å². The molecule has 1 unspecified atom stereocenters. The van der Waals surface area contributed by atoms with Crippen LogP contribution in [0.3, 0.4) is 0 Å². The molecule has 2 heterocycles. The lowest BCUT2D eigenvalue weighted by atomic mass is 9.72. The predicted molar refractivity (Wildman–Crippen MR) is 121 cm³/mol. The van der Waals surface area contributed by atoms with Crippen molar-refractivity contribution in [2.75, 3.05) is 19.7 Å². The number of alkyl halides is 3. The Hall–Kier alpha value is -2.94. The van der Waals surface area contributed by atoms with Crippen molar-refractivity contribution in [1.29, 1.82) is 0 Å². The molecule has 0 saturated heterocycles. The molecular weight excluding hydrogens is 431 g/mol. The summed E-state index contributed by atoms with van der Waals surface area (Å²) in [6.45, 7) is -1.97. The van der Waals surface area contributed by atoms with Crippen molar-refractivity contribution in [1.82, 2.24) is 9.63 Å². The number of quaternary nitrogens is 1. The van der Waals surface area contributed by atoms with Gasteiger partial charge < -0.3 is 20.3 Å². The molecule has 1 atom stereocenters. The van der Waals surface area contributed by atoms with Crippen molar-refractivity contribution < 1.29 is 17.9 Å². The summed E-state index contributed by atoms with van der Waals surface area (Å²) in [6.07, 6.45) is -1.63. The van der Waals surface area contributed by atoms with Crippen molar-refractivity contribution in [3.8, 4) is 28.3 Å². The predicted octanol–water partition coefficient (Wildman–Crippen LogP) is 5.51. The number of halogens is 3. The Bertz CT molecular complexity index is 1160. The van der Waals surface area contributed by atoms with Crippen LogP contribution >= 0.6 is 0 Å². The van der Waals surface area contributed by atoms with Gasteiger partial charge in [0, 0.05) is 22.7 Å². The number of aromatic nitrogens is 1. The fourth-order valence-corrected chi connectivity index (χ4v) is 4.61. The van der Waals surface area contributed by atoms with Gasteiger partial charge in [-0.2, -0.15) is 13.2 Å². The van der Waals surface area contributed by atoms with E-state index < -0.39 is 17.4 Å². The molecule has 0 spiro atoms. The van der Waals surface area contributed by atoms with Crippen molar-refractivity contribution in [2.24, 2.45) is 5.73 Å². The number of hydrogen-bond acceptors (Lipinski definition) is 4. The highest BCUT2D eigenvalue weighted by Crippen LogP contribution is 2.44. The van der Waals surface area contributed by atoms with Gasteiger partial charge in [0.15, 0.2) is 12.2 Å². The minimum atomic E-state index is -4.61. The van der Waals surface area contributed by atoms with Gasteiger partial charge >= 0.3 is 6.18 Å². The molecule has 1 saturated carbocycles. The topological polar surface area (TPSA) is 71.2 Å². The number of pyridine rings is 1. The first-order chi connectivity index (χ1) is 15.7. The van der Waals surface area contributed by atoms with Crippen molar-refractivity contribution in [3.63, 3.8) is 0 Å². The lowest BCUT2D eigenvalue weighted by Gasteiger charge is -2.45. The van der Waals surface area contributed by atoms with Gasteiger partial charge in [0.25, 0.3) is 5.88 Å². The normalized spacial score (nSPS) is 21.6. The number of nitrogens with zero attached hydrogens (tertiary/aromatic N) is 2. The molecule has 5 nitrogen and oxygen atoms in total. The van der Waals surface area contributed by atoms with Gasteiger partial charge in [-0.1, -0.05) is 54.6 Å². The fraction of sp³-hybridized carbons (Fsp3) is 0.320. The summed E-state index contributed by atoms with van der Waals surface area (Å²) < 4.78 is 43.7. The summed E-state index contributed by atoms with van der Waals surface area (Å²) in [6, 6.07) is 18.5. The molecule has 33 heavy (non-hydrogen) atoms. The summed E-state index contributed by atoms with van der Waals surface area (Å²) in [5, 5.41) is 13.3. The molecule has 2 aliphatic rings. The van der Waals surface area contributed by atoms with E-state index in [-0.39, 0.29) is 30.3 Å². The Morgan fingerprint density at radius 3 is 2.33 bits per heavy atom. The van der Waals surface area contributed by atoms with E-state index in [1.807, 2.05) is 54.6 Å². The number of hydrogen-bond donors (Lipinski definition) is 1. The Labute approximate surface area is 189 Å². The first kappa shape index (κ1) is 21.9. The van der Waals surface area contributed by atoms with Crippen LogP contribution in [-0.4, -0.2) is 30.9 Å². The second-order valence-electron chi connectivity index (χ2n) is 8.90. The highest BCUT2D eigenvalue weighted by molar-refractivity contribution is 5.84. The lowest BCUT2D eigenvalue weighted by Crippen LogP contribution is -2.54. The number of hydroxylamine groups is 2. The molecule has 1 aliphatic carbocycles. The summed E-state index contributed by atoms with van der Waals surface area (Å²) in [4.78, 5) is 4.57. The Kier molecular flexibility index (Phi) is 5.19. The quantitative estimate of drug-likeness (QED) is 0.416. The van der Waals surface area contributed by atoms with E-state index in [1.165, 1.54) is 6.07 Å². The van der Waals surface area contributed by atoms with E-state index in [9.17, 15) is 18.4 Å². The standard InChI is InChI=1S/C25H24F3N3O2/c26-25(27,28)16-31(32)13-14-33-23-21(31)15-20(17-5-2-1-3-6-17)22(30-23)18-7-9-19(10-8-18)24(29)11-4-12-24/h1-3,5-10,15H,4,11-14,16,29H2. The van der Waals surface area contributed by atoms with Gasteiger partial charge in [0.05, 0.1) is 5.69 Å². The van der Waals surface area contributed by atoms with Gasteiger partial charge in [-0.3, -0.25) is 0 Å². The molecular formula is C25H24F3N3O2. The number of rotatable bonds is 4. The number of fused-ring (bicyclic) bond motifs is 1. The van der Waals surface area contributed by atoms with Gasteiger partial charge in [0.2, 0.25) is 0 Å². The third-order valence-electron chi connectivity index (χ3n) is 6.60. The average molecular weight is 455 g/mol. The maximum absolute atomic E-state index is 13.3. The van der Waals surface area contributed by atoms with Crippen LogP contribution in [0, 0.1) is 5.21 Å². The molecule has 0 amide bonds. The molecule has 5 rings (SSSR count). The largest absolute Gasteiger partial charge is 0.627 e. The molecule has 8 heteroatoms. The smallest absolute Gasteiger partial charge is 0.438 e. The first-order valence-electron chi connectivity index (χ1n) is 11.0. The Balaban J connectivity index is 1.64. The first-order valence-corrected chi connectivity index (χ1v) is 11.0. The lowest BCUT2D eigenvalue weighted by molar-refractivity contribution is -0.140. The number of benzene rings is 2. The van der Waals surface area contributed by atoms with Gasteiger partial charge in [-0.05, 0) is 30.4 Å². The van der Waals surface area contributed by atoms with Gasteiger partial charge in [-0.25, -0.2) is 4.98 Å². The monoisotopic (exact) mass is 455 g/mol. The van der Waals surface area contributed by atoms with E-state index in [2.05, 4.69) is 4.98 Å². The zero-order chi connectivity index (χ0) is 23.3. The van der Waals surface area contributed by atoms with Crippen LogP contribution in [0.5, 0.6) is 5.88 Å². The van der Waals surface area contributed by atoms with Crippen molar-refractivity contribution >= 4 is 5.69 Å². The van der Waals surface area contributed by atoms with E-state index >= 15 is 0 Å². The Morgan fingerprint density at radius 2 is 1.73 bits per heavy atom. The molecule has 1 aliphatic heterocycles. The van der Waals surface area contributed by atoms with Crippen LogP contribution in [0.4, 0.5) is 18.9 Å². The van der Waals surface area contributed by atoms with E-state index in [4.69, 9.17) is 10.5 Å². The molecule has 172 valence electrons. The van der Waals surface area contributed by atoms with Crippen LogP contribution in [0.25, 0.3) is 22.4 Å². The number of ether oxygens (including phenoxy) is 1. The second-order valence-corrected chi connectivity index (χ2v) is 8.90. The summed E-state index contributed by atoms with van der Waals surface area (Å²) in [7, 11) is 0. The molecule has 1 fully saturated rings. The van der Waals surface area contributed by atoms with Crippen molar-refractivity contribution in [3.05, 3.63) is 71.4 Å². The second kappa shape index (κ2) is 7.83. The zero-order valence-electron chi connectivity index (χ0n) is 17.9. The van der Waals surface area contributed by atoms with E-state index in [1.54, 1.807) is 0 Å². The number of nitrogens with two attached hydrogens (primary N) is 1. The highest BCUT2D eigenvalue weighted by atomic mass is 19.4. The van der Waals surface area contributed by atoms with E-state index in [0.29, 0.717) is 11.3 Å². The molecule has 1 aromatic heterocycles. The molecule has 0 bridgehead atoms. The van der Waals surface area contributed by atoms with E-state index in [0.717, 1.165) is 36.0 Å². The average Bonchev–Trinajstić information content (AvgIpc) is 2.76. The SMILES string of the molecule is NC1(c2ccc(-c3nc4c(cc3-c3ccccc3)[N+]([O-])(CC(F)(F)F)CCO4)cc2)CCC1. The molecule has 0 radical (unpaired) electrons. The maximum atomic E-state index is 13.3. The third kappa shape index (κ3) is 4.10. The summed E-state index contributed by atoms with van der Waals surface area (Å²) in [5.74, 6) is -0.0476. The van der Waals surface area contributed by atoms with Gasteiger partial charge in [-0.15, -0.1) is 0 Å². The summed E-state index contributed by atoms with van der Waals surface area (Å²) in [5.41, 5.74) is 9.75. The van der Waals surface area contributed by atoms with Crippen molar-refractivity contribution in [2.45, 2.75) is 31.0 Å². The summed E-state index contributed by atoms with van der Waals surface area (Å²) >= 11 is 0. The fourth-order valence-electron chi connectivity index (χ4n) is 4.61.